The van der Waals surface area contributed by atoms with Gasteiger partial charge in [0.25, 0.3) is 0 Å². The molecular formula is C18H14Cl2N2O3. The summed E-state index contributed by atoms with van der Waals surface area (Å²) in [6.07, 6.45) is 0.236. The normalized spacial score (nSPS) is 10.8. The number of ketones is 1. The number of benzene rings is 2. The quantitative estimate of drug-likeness (QED) is 0.678. The third-order valence-electron chi connectivity index (χ3n) is 3.52. The second kappa shape index (κ2) is 7.68. The third-order valence-corrected chi connectivity index (χ3v) is 4.26. The molecule has 1 amide bonds. The molecule has 0 spiro atoms. The average molecular weight is 377 g/mol. The van der Waals surface area contributed by atoms with Crippen LogP contribution in [0.1, 0.15) is 18.7 Å². The molecule has 128 valence electrons. The fraction of sp³-hybridized carbons (Fsp3) is 0.167. The van der Waals surface area contributed by atoms with Gasteiger partial charge in [-0.25, -0.2) is 4.98 Å². The van der Waals surface area contributed by atoms with Gasteiger partial charge in [0.2, 0.25) is 11.8 Å². The molecule has 0 saturated heterocycles. The first-order chi connectivity index (χ1) is 12.0. The molecule has 5 nitrogen and oxygen atoms in total. The summed E-state index contributed by atoms with van der Waals surface area (Å²) in [5, 5.41) is 3.44. The molecule has 1 heterocycles. The van der Waals surface area contributed by atoms with Crippen molar-refractivity contribution in [1.82, 2.24) is 4.98 Å². The number of carbonyl (C=O) groups is 2. The van der Waals surface area contributed by atoms with Crippen molar-refractivity contribution in [1.29, 1.82) is 0 Å². The van der Waals surface area contributed by atoms with Crippen LogP contribution in [-0.4, -0.2) is 16.7 Å². The average Bonchev–Trinajstić information content (AvgIpc) is 2.98. The largest absolute Gasteiger partial charge is 0.440 e. The van der Waals surface area contributed by atoms with Crippen molar-refractivity contribution in [3.63, 3.8) is 0 Å². The van der Waals surface area contributed by atoms with E-state index >= 15 is 0 Å². The second-order valence-electron chi connectivity index (χ2n) is 5.47. The molecule has 0 atom stereocenters. The number of oxazole rings is 1. The van der Waals surface area contributed by atoms with Crippen LogP contribution in [0.4, 0.5) is 5.69 Å². The molecule has 1 N–H and O–H groups in total. The highest BCUT2D eigenvalue weighted by Gasteiger charge is 2.13. The van der Waals surface area contributed by atoms with E-state index in [0.717, 1.165) is 0 Å². The molecule has 0 unspecified atom stereocenters. The van der Waals surface area contributed by atoms with Gasteiger partial charge in [-0.3, -0.25) is 9.59 Å². The Hall–Kier alpha value is -2.37. The minimum absolute atomic E-state index is 0.0642. The number of hydrogen-bond acceptors (Lipinski definition) is 4. The topological polar surface area (TPSA) is 72.2 Å². The highest BCUT2D eigenvalue weighted by atomic mass is 35.5. The summed E-state index contributed by atoms with van der Waals surface area (Å²) in [6.45, 7) is 0. The first-order valence-corrected chi connectivity index (χ1v) is 8.38. The molecule has 25 heavy (non-hydrogen) atoms. The minimum Gasteiger partial charge on any atom is -0.440 e. The fourth-order valence-corrected chi connectivity index (χ4v) is 2.60. The summed E-state index contributed by atoms with van der Waals surface area (Å²) >= 11 is 11.7. The number of aromatic nitrogens is 1. The number of anilines is 1. The molecule has 0 aliphatic rings. The van der Waals surface area contributed by atoms with E-state index in [-0.39, 0.29) is 31.0 Å². The van der Waals surface area contributed by atoms with Gasteiger partial charge in [0.1, 0.15) is 11.3 Å². The van der Waals surface area contributed by atoms with E-state index in [9.17, 15) is 9.59 Å². The lowest BCUT2D eigenvalue weighted by molar-refractivity contribution is -0.122. The van der Waals surface area contributed by atoms with E-state index < -0.39 is 0 Å². The molecule has 0 aliphatic carbocycles. The van der Waals surface area contributed by atoms with Gasteiger partial charge in [0.15, 0.2) is 5.58 Å². The summed E-state index contributed by atoms with van der Waals surface area (Å²) in [6, 6.07) is 12.1. The van der Waals surface area contributed by atoms with Gasteiger partial charge in [-0.1, -0.05) is 35.3 Å². The Morgan fingerprint density at radius 3 is 2.60 bits per heavy atom. The first kappa shape index (κ1) is 17.5. The van der Waals surface area contributed by atoms with Gasteiger partial charge in [-0.05, 0) is 30.3 Å². The fourth-order valence-electron chi connectivity index (χ4n) is 2.30. The zero-order valence-corrected chi connectivity index (χ0v) is 14.6. The van der Waals surface area contributed by atoms with E-state index in [4.69, 9.17) is 27.6 Å². The maximum atomic E-state index is 12.0. The van der Waals surface area contributed by atoms with Crippen LogP contribution in [0.15, 0.2) is 46.9 Å². The van der Waals surface area contributed by atoms with Crippen LogP contribution in [0, 0.1) is 0 Å². The third kappa shape index (κ3) is 4.59. The summed E-state index contributed by atoms with van der Waals surface area (Å²) in [5.74, 6) is -0.0313. The molecule has 0 fully saturated rings. The lowest BCUT2D eigenvalue weighted by Crippen LogP contribution is -2.14. The molecule has 0 aliphatic heterocycles. The highest BCUT2D eigenvalue weighted by molar-refractivity contribution is 6.42. The Labute approximate surface area is 153 Å². The number of fused-ring (bicyclic) bond motifs is 1. The number of Topliss-reactive ketones (excluding diaryl/α,β-unsaturated/α-hetero) is 1. The maximum absolute atomic E-state index is 12.0. The summed E-state index contributed by atoms with van der Waals surface area (Å²) in [4.78, 5) is 28.2. The van der Waals surface area contributed by atoms with E-state index in [0.29, 0.717) is 32.7 Å². The Balaban J connectivity index is 1.51. The first-order valence-electron chi connectivity index (χ1n) is 7.62. The van der Waals surface area contributed by atoms with Gasteiger partial charge in [-0.15, -0.1) is 0 Å². The van der Waals surface area contributed by atoms with Gasteiger partial charge in [-0.2, -0.15) is 0 Å². The van der Waals surface area contributed by atoms with Crippen molar-refractivity contribution in [3.8, 4) is 0 Å². The van der Waals surface area contributed by atoms with Crippen molar-refractivity contribution in [3.05, 3.63) is 58.4 Å². The van der Waals surface area contributed by atoms with E-state index in [1.165, 1.54) is 0 Å². The standard InChI is InChI=1S/C18H14Cl2N2O3/c19-13-7-5-11(9-14(13)20)21-17(24)8-6-12(23)10-18-22-15-3-1-2-4-16(15)25-18/h1-5,7,9H,6,8,10H2,(H,21,24). The SMILES string of the molecule is O=C(CCC(=O)Nc1ccc(Cl)c(Cl)c1)Cc1nc2ccccc2o1. The molecule has 0 radical (unpaired) electrons. The second-order valence-corrected chi connectivity index (χ2v) is 6.28. The molecule has 0 bridgehead atoms. The van der Waals surface area contributed by atoms with Crippen LogP contribution in [0.25, 0.3) is 11.1 Å². The smallest absolute Gasteiger partial charge is 0.224 e. The van der Waals surface area contributed by atoms with Crippen molar-refractivity contribution in [2.75, 3.05) is 5.32 Å². The van der Waals surface area contributed by atoms with Crippen LogP contribution in [0.2, 0.25) is 10.0 Å². The van der Waals surface area contributed by atoms with E-state index in [1.807, 2.05) is 18.2 Å². The number of hydrogen-bond donors (Lipinski definition) is 1. The summed E-state index contributed by atoms with van der Waals surface area (Å²) in [5.41, 5.74) is 1.89. The maximum Gasteiger partial charge on any atom is 0.224 e. The molecule has 1 aromatic heterocycles. The van der Waals surface area contributed by atoms with E-state index in [2.05, 4.69) is 10.3 Å². The van der Waals surface area contributed by atoms with Gasteiger partial charge in [0, 0.05) is 18.5 Å². The highest BCUT2D eigenvalue weighted by Crippen LogP contribution is 2.25. The lowest BCUT2D eigenvalue weighted by atomic mass is 10.1. The molecule has 0 saturated carbocycles. The van der Waals surface area contributed by atoms with Crippen molar-refractivity contribution < 1.29 is 14.0 Å². The number of carbonyl (C=O) groups excluding carboxylic acids is 2. The molecule has 2 aromatic carbocycles. The van der Waals surface area contributed by atoms with Crippen molar-refractivity contribution in [2.45, 2.75) is 19.3 Å². The molecular weight excluding hydrogens is 363 g/mol. The Bertz CT molecular complexity index is 904. The van der Waals surface area contributed by atoms with Crippen LogP contribution < -0.4 is 5.32 Å². The lowest BCUT2D eigenvalue weighted by Gasteiger charge is -2.06. The predicted octanol–water partition coefficient (Wildman–Crippen LogP) is 4.67. The number of nitrogens with zero attached hydrogens (tertiary/aromatic N) is 1. The van der Waals surface area contributed by atoms with Crippen LogP contribution >= 0.6 is 23.2 Å². The predicted molar refractivity (Wildman–Crippen MR) is 97.0 cm³/mol. The zero-order chi connectivity index (χ0) is 17.8. The van der Waals surface area contributed by atoms with Crippen LogP contribution in [0.5, 0.6) is 0 Å². The number of rotatable bonds is 6. The van der Waals surface area contributed by atoms with Crippen LogP contribution in [0.3, 0.4) is 0 Å². The molecule has 7 heteroatoms. The summed E-state index contributed by atoms with van der Waals surface area (Å²) < 4.78 is 5.51. The zero-order valence-electron chi connectivity index (χ0n) is 13.1. The molecule has 3 aromatic rings. The van der Waals surface area contributed by atoms with Gasteiger partial charge >= 0.3 is 0 Å². The number of para-hydroxylation sites is 2. The number of nitrogens with one attached hydrogen (secondary N) is 1. The summed E-state index contributed by atoms with van der Waals surface area (Å²) in [7, 11) is 0. The Kier molecular flexibility index (Phi) is 5.36. The van der Waals surface area contributed by atoms with Crippen molar-refractivity contribution in [2.24, 2.45) is 0 Å². The Morgan fingerprint density at radius 2 is 1.84 bits per heavy atom. The number of halogens is 2. The van der Waals surface area contributed by atoms with Crippen molar-refractivity contribution >= 4 is 51.7 Å². The Morgan fingerprint density at radius 1 is 1.04 bits per heavy atom. The van der Waals surface area contributed by atoms with Crippen LogP contribution in [-0.2, 0) is 16.0 Å². The molecule has 3 rings (SSSR count). The number of amides is 1. The van der Waals surface area contributed by atoms with Gasteiger partial charge in [0.05, 0.1) is 16.5 Å². The minimum atomic E-state index is -0.274. The monoisotopic (exact) mass is 376 g/mol. The van der Waals surface area contributed by atoms with Gasteiger partial charge < -0.3 is 9.73 Å². The van der Waals surface area contributed by atoms with E-state index in [1.54, 1.807) is 24.3 Å².